The smallest absolute Gasteiger partial charge is 0.277 e. The van der Waals surface area contributed by atoms with Crippen molar-refractivity contribution in [2.75, 3.05) is 11.8 Å². The van der Waals surface area contributed by atoms with E-state index < -0.39 is 22.5 Å². The molecule has 2 atom stereocenters. The quantitative estimate of drug-likeness (QED) is 0.497. The third-order valence-electron chi connectivity index (χ3n) is 5.86. The number of anilines is 1. The lowest BCUT2D eigenvalue weighted by molar-refractivity contribution is 0.0461. The van der Waals surface area contributed by atoms with Gasteiger partial charge in [-0.15, -0.1) is 0 Å². The first-order valence-electron chi connectivity index (χ1n) is 10.8. The van der Waals surface area contributed by atoms with Gasteiger partial charge in [-0.25, -0.2) is 9.19 Å². The summed E-state index contributed by atoms with van der Waals surface area (Å²) in [6, 6.07) is 15.2. The van der Waals surface area contributed by atoms with Crippen molar-refractivity contribution in [1.29, 1.82) is 0 Å². The first-order valence-corrected chi connectivity index (χ1v) is 12.0. The van der Waals surface area contributed by atoms with Gasteiger partial charge in [0.2, 0.25) is 5.89 Å². The molecule has 2 aromatic carbocycles. The molecular weight excluding hydrogens is 450 g/mol. The number of hydrogen-bond donors (Lipinski definition) is 2. The average molecular weight is 478 g/mol. The van der Waals surface area contributed by atoms with Crippen molar-refractivity contribution in [3.05, 3.63) is 94.4 Å². The molecule has 2 unspecified atom stereocenters. The van der Waals surface area contributed by atoms with Crippen LogP contribution in [0.15, 0.2) is 82.0 Å². The molecule has 0 fully saturated rings. The summed E-state index contributed by atoms with van der Waals surface area (Å²) < 4.78 is 27.7. The van der Waals surface area contributed by atoms with Crippen molar-refractivity contribution in [2.45, 2.75) is 32.8 Å². The second-order valence-electron chi connectivity index (χ2n) is 8.30. The number of nitrogens with one attached hydrogen (secondary N) is 2. The minimum absolute atomic E-state index is 0.157. The van der Waals surface area contributed by atoms with Gasteiger partial charge < -0.3 is 19.2 Å². The number of oxazole rings is 1. The van der Waals surface area contributed by atoms with E-state index in [9.17, 15) is 9.00 Å². The van der Waals surface area contributed by atoms with E-state index in [4.69, 9.17) is 9.15 Å². The molecule has 3 aromatic rings. The van der Waals surface area contributed by atoms with E-state index in [1.54, 1.807) is 13.2 Å². The molecule has 0 spiro atoms. The van der Waals surface area contributed by atoms with Gasteiger partial charge in [-0.05, 0) is 50.1 Å². The van der Waals surface area contributed by atoms with Crippen LogP contribution in [0.1, 0.15) is 35.0 Å². The van der Waals surface area contributed by atoms with Crippen LogP contribution in [0.2, 0.25) is 0 Å². The summed E-state index contributed by atoms with van der Waals surface area (Å²) >= 11 is 0. The lowest BCUT2D eigenvalue weighted by Gasteiger charge is -2.32. The fourth-order valence-electron chi connectivity index (χ4n) is 3.69. The van der Waals surface area contributed by atoms with Crippen molar-refractivity contribution < 1.29 is 18.2 Å². The molecule has 0 saturated heterocycles. The van der Waals surface area contributed by atoms with Crippen molar-refractivity contribution in [1.82, 2.24) is 10.3 Å². The normalized spacial score (nSPS) is 18.6. The van der Waals surface area contributed by atoms with Crippen LogP contribution in [0.4, 0.5) is 5.69 Å². The summed E-state index contributed by atoms with van der Waals surface area (Å²) in [5.74, 6) is -0.0484. The van der Waals surface area contributed by atoms with E-state index >= 15 is 0 Å². The SMILES string of the molecule is COC1(C)CC=C(NC(=O)c2coc(-c3ccccc3)n2)C=C1S(=O)Nc1c(C)cccc1C. The lowest BCUT2D eigenvalue weighted by atomic mass is 9.95. The van der Waals surface area contributed by atoms with E-state index in [0.717, 1.165) is 22.4 Å². The maximum atomic E-state index is 13.4. The minimum atomic E-state index is -1.59. The molecular formula is C26H27N3O4S. The molecule has 1 heterocycles. The number of hydrogen-bond acceptors (Lipinski definition) is 5. The van der Waals surface area contributed by atoms with Crippen LogP contribution < -0.4 is 10.0 Å². The Kier molecular flexibility index (Phi) is 6.81. The highest BCUT2D eigenvalue weighted by atomic mass is 32.2. The van der Waals surface area contributed by atoms with Crippen LogP contribution in [0.3, 0.4) is 0 Å². The third kappa shape index (κ3) is 4.88. The number of amides is 1. The predicted octanol–water partition coefficient (Wildman–Crippen LogP) is 5.04. The van der Waals surface area contributed by atoms with Gasteiger partial charge in [0, 0.05) is 24.8 Å². The van der Waals surface area contributed by atoms with Crippen LogP contribution in [-0.4, -0.2) is 27.8 Å². The lowest BCUT2D eigenvalue weighted by Crippen LogP contribution is -2.37. The maximum absolute atomic E-state index is 13.4. The van der Waals surface area contributed by atoms with Crippen molar-refractivity contribution in [2.24, 2.45) is 0 Å². The molecule has 1 amide bonds. The summed E-state index contributed by atoms with van der Waals surface area (Å²) in [6.45, 7) is 5.80. The molecule has 1 aliphatic rings. The molecule has 7 nitrogen and oxygen atoms in total. The van der Waals surface area contributed by atoms with Gasteiger partial charge in [-0.2, -0.15) is 0 Å². The molecule has 0 saturated carbocycles. The predicted molar refractivity (Wildman–Crippen MR) is 133 cm³/mol. The number of carbonyl (C=O) groups excluding carboxylic acids is 1. The minimum Gasteiger partial charge on any atom is -0.444 e. The Morgan fingerprint density at radius 3 is 2.50 bits per heavy atom. The number of ether oxygens (including phenoxy) is 1. The van der Waals surface area contributed by atoms with Crippen molar-refractivity contribution in [3.8, 4) is 11.5 Å². The fraction of sp³-hybridized carbons (Fsp3) is 0.231. The van der Waals surface area contributed by atoms with Gasteiger partial charge in [0.25, 0.3) is 5.91 Å². The van der Waals surface area contributed by atoms with Crippen LogP contribution in [0.5, 0.6) is 0 Å². The number of benzene rings is 2. The molecule has 34 heavy (non-hydrogen) atoms. The van der Waals surface area contributed by atoms with Crippen LogP contribution in [0.25, 0.3) is 11.5 Å². The highest BCUT2D eigenvalue weighted by molar-refractivity contribution is 7.90. The Balaban J connectivity index is 1.54. The largest absolute Gasteiger partial charge is 0.444 e. The summed E-state index contributed by atoms with van der Waals surface area (Å²) in [7, 11) is -0.00300. The molecule has 1 aromatic heterocycles. The summed E-state index contributed by atoms with van der Waals surface area (Å²) in [6.07, 6.45) is 5.31. The van der Waals surface area contributed by atoms with E-state index in [2.05, 4.69) is 15.0 Å². The molecule has 0 radical (unpaired) electrons. The molecule has 4 rings (SSSR count). The molecule has 1 aliphatic carbocycles. The second kappa shape index (κ2) is 9.79. The molecule has 2 N–H and O–H groups in total. The summed E-state index contributed by atoms with van der Waals surface area (Å²) in [5, 5.41) is 2.84. The molecule has 0 bridgehead atoms. The number of rotatable bonds is 7. The summed E-state index contributed by atoms with van der Waals surface area (Å²) in [4.78, 5) is 17.6. The first-order chi connectivity index (χ1) is 16.3. The fourth-order valence-corrected chi connectivity index (χ4v) is 5.10. The first kappa shape index (κ1) is 23.7. The summed E-state index contributed by atoms with van der Waals surface area (Å²) in [5.41, 5.74) is 3.49. The topological polar surface area (TPSA) is 93.5 Å². The highest BCUT2D eigenvalue weighted by Gasteiger charge is 2.35. The second-order valence-corrected chi connectivity index (χ2v) is 9.48. The zero-order valence-corrected chi connectivity index (χ0v) is 20.4. The van der Waals surface area contributed by atoms with Gasteiger partial charge in [-0.1, -0.05) is 42.5 Å². The Bertz CT molecular complexity index is 1280. The number of para-hydroxylation sites is 1. The molecule has 0 aliphatic heterocycles. The zero-order valence-electron chi connectivity index (χ0n) is 19.5. The van der Waals surface area contributed by atoms with Crippen LogP contribution >= 0.6 is 0 Å². The standard InChI is InChI=1S/C26H27N3O4S/c1-17-9-8-10-18(2)23(17)29-34(31)22-15-20(13-14-26(22,3)32-4)27-24(30)21-16-33-25(28-21)19-11-6-5-7-12-19/h5-13,15-16,29H,14H2,1-4H3,(H,27,30). The number of allylic oxidation sites excluding steroid dienone is 1. The van der Waals surface area contributed by atoms with E-state index in [0.29, 0.717) is 22.9 Å². The number of aryl methyl sites for hydroxylation is 2. The monoisotopic (exact) mass is 477 g/mol. The van der Waals surface area contributed by atoms with Gasteiger partial charge >= 0.3 is 0 Å². The Labute approximate surface area is 201 Å². The van der Waals surface area contributed by atoms with Crippen LogP contribution in [-0.2, 0) is 15.7 Å². The number of aromatic nitrogens is 1. The highest BCUT2D eigenvalue weighted by Crippen LogP contribution is 2.34. The average Bonchev–Trinajstić information content (AvgIpc) is 3.34. The number of methoxy groups -OCH3 is 1. The van der Waals surface area contributed by atoms with E-state index in [1.807, 2.05) is 75.4 Å². The Morgan fingerprint density at radius 2 is 1.82 bits per heavy atom. The number of carbonyl (C=O) groups is 1. The van der Waals surface area contributed by atoms with Gasteiger partial charge in [0.05, 0.1) is 10.6 Å². The molecule has 8 heteroatoms. The third-order valence-corrected chi connectivity index (χ3v) is 7.20. The van der Waals surface area contributed by atoms with Crippen molar-refractivity contribution >= 4 is 22.6 Å². The number of nitrogens with zero attached hydrogens (tertiary/aromatic N) is 1. The zero-order chi connectivity index (χ0) is 24.3. The molecule has 176 valence electrons. The van der Waals surface area contributed by atoms with E-state index in [1.165, 1.54) is 6.26 Å². The van der Waals surface area contributed by atoms with Crippen LogP contribution in [0, 0.1) is 13.8 Å². The Hall–Kier alpha value is -3.49. The maximum Gasteiger partial charge on any atom is 0.277 e. The van der Waals surface area contributed by atoms with Gasteiger partial charge in [0.15, 0.2) is 5.69 Å². The van der Waals surface area contributed by atoms with E-state index in [-0.39, 0.29) is 5.69 Å². The van der Waals surface area contributed by atoms with Gasteiger partial charge in [-0.3, -0.25) is 4.79 Å². The Morgan fingerprint density at radius 1 is 1.12 bits per heavy atom. The van der Waals surface area contributed by atoms with Gasteiger partial charge in [0.1, 0.15) is 22.8 Å². The van der Waals surface area contributed by atoms with Crippen molar-refractivity contribution in [3.63, 3.8) is 0 Å².